The molecule has 1 saturated heterocycles. The molecule has 13 heteroatoms. The first-order valence-electron chi connectivity index (χ1n) is 19.4. The molecule has 302 valence electrons. The Morgan fingerprint density at radius 1 is 0.982 bits per heavy atom. The van der Waals surface area contributed by atoms with Crippen LogP contribution in [0.15, 0.2) is 66.9 Å². The van der Waals surface area contributed by atoms with E-state index in [1.165, 1.54) is 5.06 Å². The minimum absolute atomic E-state index is 0.122. The maximum absolute atomic E-state index is 14.9. The molecule has 0 radical (unpaired) electrons. The number of carbonyl (C=O) groups excluding carboxylic acids is 2. The minimum Gasteiger partial charge on any atom is -0.493 e. The summed E-state index contributed by atoms with van der Waals surface area (Å²) in [4.78, 5) is 32.0. The first-order chi connectivity index (χ1) is 27.2. The predicted octanol–water partition coefficient (Wildman–Crippen LogP) is 7.33. The van der Waals surface area contributed by atoms with Crippen LogP contribution in [0.25, 0.3) is 10.9 Å². The van der Waals surface area contributed by atoms with Crippen LogP contribution in [0.4, 0.5) is 4.79 Å². The highest BCUT2D eigenvalue weighted by molar-refractivity contribution is 5.86. The van der Waals surface area contributed by atoms with Gasteiger partial charge in [-0.05, 0) is 70.0 Å². The molecule has 0 aliphatic carbocycles. The summed E-state index contributed by atoms with van der Waals surface area (Å²) in [5, 5.41) is 16.0. The van der Waals surface area contributed by atoms with Gasteiger partial charge in [-0.1, -0.05) is 24.8 Å². The zero-order valence-electron chi connectivity index (χ0n) is 33.5. The van der Waals surface area contributed by atoms with Crippen LogP contribution in [0.1, 0.15) is 81.7 Å². The average Bonchev–Trinajstić information content (AvgIpc) is 3.80. The van der Waals surface area contributed by atoms with E-state index in [0.717, 1.165) is 33.2 Å². The van der Waals surface area contributed by atoms with E-state index >= 15 is 0 Å². The molecule has 3 N–H and O–H groups in total. The van der Waals surface area contributed by atoms with Gasteiger partial charge in [0.1, 0.15) is 54.3 Å². The van der Waals surface area contributed by atoms with Crippen LogP contribution in [0.3, 0.4) is 0 Å². The van der Waals surface area contributed by atoms with E-state index in [0.29, 0.717) is 53.6 Å². The van der Waals surface area contributed by atoms with Crippen molar-refractivity contribution in [2.75, 3.05) is 20.8 Å². The second-order valence-corrected chi connectivity index (χ2v) is 16.8. The van der Waals surface area contributed by atoms with Gasteiger partial charge < -0.3 is 48.7 Å². The summed E-state index contributed by atoms with van der Waals surface area (Å²) in [6.45, 7) is 13.8. The summed E-state index contributed by atoms with van der Waals surface area (Å²) < 4.78 is 43.3. The summed E-state index contributed by atoms with van der Waals surface area (Å²) in [5.74, 6) is 1.66. The van der Waals surface area contributed by atoms with Crippen molar-refractivity contribution in [3.05, 3.63) is 89.1 Å². The smallest absolute Gasteiger partial charge is 0.408 e. The number of hydroxylamine groups is 2. The van der Waals surface area contributed by atoms with E-state index in [4.69, 9.17) is 33.2 Å². The zero-order chi connectivity index (χ0) is 40.4. The molecule has 5 heterocycles. The van der Waals surface area contributed by atoms with E-state index in [1.807, 2.05) is 83.3 Å². The number of methoxy groups -OCH3 is 2. The first-order valence-corrected chi connectivity index (χ1v) is 19.4. The molecular weight excluding hydrogens is 730 g/mol. The van der Waals surface area contributed by atoms with E-state index < -0.39 is 53.4 Å². The number of piperidine rings is 1. The highest BCUT2D eigenvalue weighted by Gasteiger charge is 2.50. The van der Waals surface area contributed by atoms with Crippen molar-refractivity contribution < 1.29 is 48.0 Å². The number of hydrogen-bond donors (Lipinski definition) is 3. The van der Waals surface area contributed by atoms with E-state index in [9.17, 15) is 14.8 Å². The molecule has 0 bridgehead atoms. The number of esters is 1. The number of fused-ring (bicyclic) bond motifs is 7. The fraction of sp³-hybridized carbons (Fsp3) is 0.455. The Labute approximate surface area is 332 Å². The molecular formula is C44H51N3O10. The molecule has 1 aromatic heterocycles. The molecule has 0 saturated carbocycles. The van der Waals surface area contributed by atoms with Gasteiger partial charge in [0, 0.05) is 76.6 Å². The quantitative estimate of drug-likeness (QED) is 0.116. The van der Waals surface area contributed by atoms with Crippen LogP contribution in [-0.2, 0) is 27.1 Å². The number of rotatable bonds is 9. The fourth-order valence-electron chi connectivity index (χ4n) is 9.15. The normalized spacial score (nSPS) is 23.6. The first kappa shape index (κ1) is 38.5. The van der Waals surface area contributed by atoms with Crippen LogP contribution in [0, 0.1) is 0 Å². The number of para-hydroxylation sites is 1. The minimum atomic E-state index is -1.14. The number of hydrogen-bond acceptors (Lipinski definition) is 11. The lowest BCUT2D eigenvalue weighted by Crippen LogP contribution is -2.61. The number of benzene rings is 3. The second-order valence-electron chi connectivity index (χ2n) is 16.8. The van der Waals surface area contributed by atoms with Crippen molar-refractivity contribution in [2.45, 2.75) is 108 Å². The monoisotopic (exact) mass is 781 g/mol. The van der Waals surface area contributed by atoms with E-state index in [1.54, 1.807) is 20.3 Å². The van der Waals surface area contributed by atoms with Crippen molar-refractivity contribution in [3.8, 4) is 28.7 Å². The molecule has 13 nitrogen and oxygen atoms in total. The van der Waals surface area contributed by atoms with Gasteiger partial charge in [0.2, 0.25) is 0 Å². The number of amides is 1. The van der Waals surface area contributed by atoms with Gasteiger partial charge in [0.15, 0.2) is 11.5 Å². The molecule has 3 aromatic carbocycles. The summed E-state index contributed by atoms with van der Waals surface area (Å²) in [7, 11) is 3.12. The molecule has 4 aliphatic heterocycles. The van der Waals surface area contributed by atoms with Gasteiger partial charge in [0.25, 0.3) is 0 Å². The van der Waals surface area contributed by atoms with Gasteiger partial charge in [-0.3, -0.25) is 0 Å². The Balaban J connectivity index is 1.16. The number of alkyl carbamates (subject to hydrolysis) is 1. The van der Waals surface area contributed by atoms with Gasteiger partial charge in [-0.25, -0.2) is 9.59 Å². The SMILES string of the molecule is C=C(C)[C@H]1Cc2c(ccc3c2O[C@@H]2COc4cc(OC)c(OC)cc4[C@@H]2[C@@H]3OC(=O)[C@H](Cc2c[nH]c3ccccc23)NC(=O)OC2CC(C)(C)N(O)C(C)(C)C2)O1. The number of nitrogens with zero attached hydrogens (tertiary/aromatic N) is 1. The molecule has 0 spiro atoms. The number of aromatic amines is 1. The second kappa shape index (κ2) is 14.5. The van der Waals surface area contributed by atoms with Crippen LogP contribution >= 0.6 is 0 Å². The van der Waals surface area contributed by atoms with Crippen molar-refractivity contribution in [3.63, 3.8) is 0 Å². The topological polar surface area (TPSA) is 150 Å². The number of ether oxygens (including phenoxy) is 7. The molecule has 5 atom stereocenters. The van der Waals surface area contributed by atoms with Crippen LogP contribution in [-0.4, -0.2) is 83.6 Å². The third-order valence-electron chi connectivity index (χ3n) is 11.8. The molecule has 8 rings (SSSR count). The lowest BCUT2D eigenvalue weighted by atomic mass is 9.79. The Bertz CT molecular complexity index is 2210. The fourth-order valence-corrected chi connectivity index (χ4v) is 9.15. The molecule has 1 amide bonds. The third kappa shape index (κ3) is 7.01. The van der Waals surface area contributed by atoms with Crippen molar-refractivity contribution in [1.82, 2.24) is 15.4 Å². The summed E-state index contributed by atoms with van der Waals surface area (Å²) in [5.41, 5.74) is 3.58. The number of H-pyrrole nitrogens is 1. The summed E-state index contributed by atoms with van der Waals surface area (Å²) in [6, 6.07) is 14.0. The average molecular weight is 782 g/mol. The summed E-state index contributed by atoms with van der Waals surface area (Å²) >= 11 is 0. The Morgan fingerprint density at radius 3 is 2.42 bits per heavy atom. The number of carbonyl (C=O) groups is 2. The lowest BCUT2D eigenvalue weighted by Gasteiger charge is -2.50. The van der Waals surface area contributed by atoms with Gasteiger partial charge >= 0.3 is 12.1 Å². The van der Waals surface area contributed by atoms with E-state index in [2.05, 4.69) is 16.9 Å². The largest absolute Gasteiger partial charge is 0.493 e. The van der Waals surface area contributed by atoms with Crippen molar-refractivity contribution in [2.24, 2.45) is 0 Å². The number of nitrogens with one attached hydrogen (secondary N) is 2. The highest BCUT2D eigenvalue weighted by atomic mass is 16.6. The predicted molar refractivity (Wildman–Crippen MR) is 211 cm³/mol. The van der Waals surface area contributed by atoms with Gasteiger partial charge in [0.05, 0.1) is 20.1 Å². The molecule has 1 fully saturated rings. The van der Waals surface area contributed by atoms with Gasteiger partial charge in [-0.2, -0.15) is 5.06 Å². The van der Waals surface area contributed by atoms with Crippen molar-refractivity contribution in [1.29, 1.82) is 0 Å². The van der Waals surface area contributed by atoms with Crippen molar-refractivity contribution >= 4 is 23.0 Å². The summed E-state index contributed by atoms with van der Waals surface area (Å²) in [6.07, 6.45) is 0.422. The number of aromatic nitrogens is 1. The third-order valence-corrected chi connectivity index (χ3v) is 11.8. The van der Waals surface area contributed by atoms with Crippen LogP contribution in [0.2, 0.25) is 0 Å². The Hall–Kier alpha value is -5.40. The maximum atomic E-state index is 14.9. The van der Waals surface area contributed by atoms with Gasteiger partial charge in [-0.15, -0.1) is 0 Å². The zero-order valence-corrected chi connectivity index (χ0v) is 33.5. The standard InChI is InChI=1S/C44H51N3O10/c1-23(2)33-17-29-32(55-33)14-13-27-39(29)56-37-22-53-34-18-36(52-8)35(51-7)16-28(34)38(37)40(27)57-41(48)31(15-24-21-45-30-12-10-9-11-26(24)30)46-42(49)54-25-19-43(3,4)47(50)44(5,6)20-25/h9-14,16,18,21,25,31,33,37-38,40,45,50H,1,15,17,19-20,22H2,2-8H3,(H,46,49)/t31-,33+,37+,38-,40+/m0/s1. The highest BCUT2D eigenvalue weighted by Crippen LogP contribution is 2.55. The molecule has 4 aliphatic rings. The molecule has 0 unspecified atom stereocenters. The Kier molecular flexibility index (Phi) is 9.80. The lowest BCUT2D eigenvalue weighted by molar-refractivity contribution is -0.256. The van der Waals surface area contributed by atoms with Crippen LogP contribution in [0.5, 0.6) is 28.7 Å². The molecule has 4 aromatic rings. The Morgan fingerprint density at radius 2 is 1.70 bits per heavy atom. The van der Waals surface area contributed by atoms with E-state index in [-0.39, 0.29) is 19.1 Å². The maximum Gasteiger partial charge on any atom is 0.408 e. The van der Waals surface area contributed by atoms with Crippen LogP contribution < -0.4 is 29.0 Å². The molecule has 57 heavy (non-hydrogen) atoms.